The number of carbonyl (C=O) groups is 1. The molecule has 1 saturated heterocycles. The average molecular weight is 373 g/mol. The monoisotopic (exact) mass is 372 g/mol. The van der Waals surface area contributed by atoms with Gasteiger partial charge in [0.15, 0.2) is 6.29 Å². The van der Waals surface area contributed by atoms with Crippen LogP contribution < -0.4 is 0 Å². The zero-order valence-electron chi connectivity index (χ0n) is 16.2. The Hall–Kier alpha value is -0.950. The fraction of sp³-hybridized carbons (Fsp3) is 0.850. The summed E-state index contributed by atoms with van der Waals surface area (Å²) >= 11 is 0. The number of aliphatic carboxylic acids is 1. The Bertz CT molecular complexity index is 411. The number of carboxylic acids is 1. The number of aliphatic hydroxyl groups is 2. The topological polar surface area (TPSA) is 96.2 Å². The van der Waals surface area contributed by atoms with E-state index in [9.17, 15) is 15.0 Å². The van der Waals surface area contributed by atoms with Gasteiger partial charge in [-0.15, -0.1) is 0 Å². The van der Waals surface area contributed by atoms with Gasteiger partial charge in [0.1, 0.15) is 6.10 Å². The van der Waals surface area contributed by atoms with E-state index in [-0.39, 0.29) is 12.2 Å². The van der Waals surface area contributed by atoms with Gasteiger partial charge in [-0.2, -0.15) is 0 Å². The van der Waals surface area contributed by atoms with Gasteiger partial charge in [-0.1, -0.05) is 44.6 Å². The number of aliphatic hydroxyl groups excluding tert-OH is 2. The molecule has 26 heavy (non-hydrogen) atoms. The summed E-state index contributed by atoms with van der Waals surface area (Å²) < 4.78 is 11.3. The molecule has 1 rings (SSSR count). The fourth-order valence-electron chi connectivity index (χ4n) is 3.12. The second-order valence-corrected chi connectivity index (χ2v) is 7.32. The van der Waals surface area contributed by atoms with Crippen molar-refractivity contribution in [1.82, 2.24) is 0 Å². The number of unbranched alkanes of at least 4 members (excludes halogenated alkanes) is 7. The molecule has 0 bridgehead atoms. The highest BCUT2D eigenvalue weighted by Gasteiger charge is 2.35. The lowest BCUT2D eigenvalue weighted by atomic mass is 10.0. The maximum atomic E-state index is 10.3. The quantitative estimate of drug-likeness (QED) is 0.339. The van der Waals surface area contributed by atoms with E-state index in [0.717, 1.165) is 38.5 Å². The Labute approximate surface area is 157 Å². The molecule has 1 fully saturated rings. The van der Waals surface area contributed by atoms with E-state index >= 15 is 0 Å². The molecular weight excluding hydrogens is 336 g/mol. The average Bonchev–Trinajstić information content (AvgIpc) is 2.57. The molecule has 1 aliphatic rings. The van der Waals surface area contributed by atoms with E-state index in [1.165, 1.54) is 25.3 Å². The third-order valence-corrected chi connectivity index (χ3v) is 4.80. The predicted octanol–water partition coefficient (Wildman–Crippen LogP) is 3.40. The highest BCUT2D eigenvalue weighted by atomic mass is 16.7. The van der Waals surface area contributed by atoms with Crippen molar-refractivity contribution in [1.29, 1.82) is 0 Å². The Balaban J connectivity index is 1.97. The van der Waals surface area contributed by atoms with Crippen LogP contribution in [-0.4, -0.2) is 52.0 Å². The van der Waals surface area contributed by atoms with Crippen LogP contribution in [0.2, 0.25) is 0 Å². The zero-order valence-corrected chi connectivity index (χ0v) is 16.2. The molecule has 6 nitrogen and oxygen atoms in total. The predicted molar refractivity (Wildman–Crippen MR) is 99.8 cm³/mol. The lowest BCUT2D eigenvalue weighted by Crippen LogP contribution is -2.48. The van der Waals surface area contributed by atoms with Crippen molar-refractivity contribution in [3.8, 4) is 0 Å². The minimum absolute atomic E-state index is 0.0260. The van der Waals surface area contributed by atoms with Crippen LogP contribution in [0.1, 0.15) is 78.1 Å². The Morgan fingerprint density at radius 2 is 1.73 bits per heavy atom. The first kappa shape index (κ1) is 23.1. The van der Waals surface area contributed by atoms with Gasteiger partial charge in [0.25, 0.3) is 0 Å². The first-order valence-corrected chi connectivity index (χ1v) is 9.96. The molecule has 0 saturated carbocycles. The Morgan fingerprint density at radius 1 is 1.12 bits per heavy atom. The van der Waals surface area contributed by atoms with Crippen LogP contribution >= 0.6 is 0 Å². The summed E-state index contributed by atoms with van der Waals surface area (Å²) in [5.74, 6) is -0.875. The molecule has 0 aromatic rings. The van der Waals surface area contributed by atoms with Crippen LogP contribution in [0.5, 0.6) is 0 Å². The maximum absolute atomic E-state index is 10.3. The summed E-state index contributed by atoms with van der Waals surface area (Å²) in [6, 6.07) is 0. The van der Waals surface area contributed by atoms with Gasteiger partial charge in [-0.05, 0) is 33.1 Å². The molecule has 0 radical (unpaired) electrons. The zero-order chi connectivity index (χ0) is 19.4. The van der Waals surface area contributed by atoms with Crippen LogP contribution in [0.3, 0.4) is 0 Å². The molecule has 5 unspecified atom stereocenters. The molecule has 1 aliphatic heterocycles. The Morgan fingerprint density at radius 3 is 2.38 bits per heavy atom. The summed E-state index contributed by atoms with van der Waals surface area (Å²) in [5.41, 5.74) is 0. The highest BCUT2D eigenvalue weighted by Crippen LogP contribution is 2.23. The largest absolute Gasteiger partial charge is 0.478 e. The lowest BCUT2D eigenvalue weighted by molar-refractivity contribution is -0.273. The van der Waals surface area contributed by atoms with E-state index in [1.807, 2.05) is 6.92 Å². The van der Waals surface area contributed by atoms with Crippen molar-refractivity contribution < 1.29 is 29.6 Å². The number of ether oxygens (including phenoxy) is 2. The Kier molecular flexibility index (Phi) is 11.8. The fourth-order valence-corrected chi connectivity index (χ4v) is 3.12. The van der Waals surface area contributed by atoms with Crippen molar-refractivity contribution in [2.24, 2.45) is 0 Å². The van der Waals surface area contributed by atoms with E-state index in [2.05, 4.69) is 0 Å². The molecular formula is C20H36O6. The first-order chi connectivity index (χ1) is 12.4. The normalized spacial score (nSPS) is 27.7. The third kappa shape index (κ3) is 10.3. The van der Waals surface area contributed by atoms with Gasteiger partial charge < -0.3 is 24.8 Å². The van der Waals surface area contributed by atoms with E-state index in [0.29, 0.717) is 6.42 Å². The van der Waals surface area contributed by atoms with Crippen molar-refractivity contribution in [3.05, 3.63) is 12.2 Å². The van der Waals surface area contributed by atoms with Crippen molar-refractivity contribution in [2.45, 2.75) is 109 Å². The number of hydrogen-bond acceptors (Lipinski definition) is 5. The van der Waals surface area contributed by atoms with Crippen LogP contribution in [0.25, 0.3) is 0 Å². The van der Waals surface area contributed by atoms with Gasteiger partial charge in [-0.25, -0.2) is 4.79 Å². The summed E-state index contributed by atoms with van der Waals surface area (Å²) in [5, 5.41) is 28.1. The van der Waals surface area contributed by atoms with Gasteiger partial charge in [0.05, 0.1) is 18.3 Å². The number of allylic oxidation sites excluding steroid dienone is 1. The first-order valence-electron chi connectivity index (χ1n) is 9.96. The number of rotatable bonds is 13. The molecule has 0 aliphatic carbocycles. The molecule has 0 aromatic heterocycles. The number of carboxylic acid groups (broad SMARTS) is 1. The van der Waals surface area contributed by atoms with Crippen LogP contribution in [0.15, 0.2) is 12.2 Å². The maximum Gasteiger partial charge on any atom is 0.327 e. The van der Waals surface area contributed by atoms with Crippen molar-refractivity contribution in [3.63, 3.8) is 0 Å². The van der Waals surface area contributed by atoms with Crippen LogP contribution in [0.4, 0.5) is 0 Å². The summed E-state index contributed by atoms with van der Waals surface area (Å²) in [7, 11) is 0. The molecule has 0 spiro atoms. The molecule has 6 heteroatoms. The van der Waals surface area contributed by atoms with Gasteiger partial charge >= 0.3 is 5.97 Å². The minimum Gasteiger partial charge on any atom is -0.478 e. The standard InChI is InChI=1S/C20H36O6/c1-15(25-20-18(22)14-17(21)16(2)26-20)12-10-8-6-4-3-5-7-9-11-13-19(23)24/h11,13,15-18,20-22H,3-10,12,14H2,1-2H3,(H,23,24). The minimum atomic E-state index is -0.875. The second kappa shape index (κ2) is 13.3. The third-order valence-electron chi connectivity index (χ3n) is 4.80. The molecule has 3 N–H and O–H groups in total. The summed E-state index contributed by atoms with van der Waals surface area (Å²) in [6.07, 6.45) is 10.7. The summed E-state index contributed by atoms with van der Waals surface area (Å²) in [6.45, 7) is 3.79. The molecule has 0 aromatic carbocycles. The summed E-state index contributed by atoms with van der Waals surface area (Å²) in [4.78, 5) is 10.3. The van der Waals surface area contributed by atoms with Crippen LogP contribution in [-0.2, 0) is 14.3 Å². The highest BCUT2D eigenvalue weighted by molar-refractivity contribution is 5.79. The van der Waals surface area contributed by atoms with Crippen LogP contribution in [0, 0.1) is 0 Å². The van der Waals surface area contributed by atoms with Gasteiger partial charge in [-0.3, -0.25) is 0 Å². The van der Waals surface area contributed by atoms with E-state index in [1.54, 1.807) is 13.0 Å². The van der Waals surface area contributed by atoms with E-state index < -0.39 is 24.5 Å². The van der Waals surface area contributed by atoms with E-state index in [4.69, 9.17) is 14.6 Å². The smallest absolute Gasteiger partial charge is 0.327 e. The lowest BCUT2D eigenvalue weighted by Gasteiger charge is -2.36. The number of hydrogen-bond donors (Lipinski definition) is 3. The molecule has 5 atom stereocenters. The second-order valence-electron chi connectivity index (χ2n) is 7.32. The molecule has 1 heterocycles. The van der Waals surface area contributed by atoms with Gasteiger partial charge in [0.2, 0.25) is 0 Å². The SMILES string of the molecule is CC(CCCCCCCCCC=CC(=O)O)OC1OC(C)C(O)CC1O. The van der Waals surface area contributed by atoms with Gasteiger partial charge in [0, 0.05) is 12.5 Å². The molecule has 0 amide bonds. The van der Waals surface area contributed by atoms with Crippen molar-refractivity contribution >= 4 is 5.97 Å². The van der Waals surface area contributed by atoms with Crippen molar-refractivity contribution in [2.75, 3.05) is 0 Å². The molecule has 152 valence electrons.